The topological polar surface area (TPSA) is 58.6 Å². The summed E-state index contributed by atoms with van der Waals surface area (Å²) in [5, 5.41) is 12.0. The van der Waals surface area contributed by atoms with E-state index in [4.69, 9.17) is 9.84 Å². The van der Waals surface area contributed by atoms with Crippen molar-refractivity contribution >= 4 is 5.97 Å². The first kappa shape index (κ1) is 13.4. The summed E-state index contributed by atoms with van der Waals surface area (Å²) in [5.74, 6) is -0.865. The second-order valence-corrected chi connectivity index (χ2v) is 4.12. The van der Waals surface area contributed by atoms with Gasteiger partial charge in [0.05, 0.1) is 6.61 Å². The van der Waals surface area contributed by atoms with Crippen molar-refractivity contribution in [2.24, 2.45) is 0 Å². The molecule has 0 saturated carbocycles. The van der Waals surface area contributed by atoms with Crippen LogP contribution in [0.4, 0.5) is 0 Å². The molecule has 0 aromatic rings. The van der Waals surface area contributed by atoms with Crippen LogP contribution in [-0.2, 0) is 9.53 Å². The molecule has 0 bridgehead atoms. The summed E-state index contributed by atoms with van der Waals surface area (Å²) >= 11 is 0. The number of methoxy groups -OCH3 is 1. The molecule has 0 aliphatic rings. The van der Waals surface area contributed by atoms with Gasteiger partial charge in [-0.3, -0.25) is 10.1 Å². The Bertz CT molecular complexity index is 180. The van der Waals surface area contributed by atoms with Crippen molar-refractivity contribution in [1.82, 2.24) is 5.32 Å². The number of ether oxygens (including phenoxy) is 1. The molecule has 1 unspecified atom stereocenters. The first-order valence-electron chi connectivity index (χ1n) is 4.92. The fraction of sp³-hybridized carbons (Fsp3) is 0.900. The molecule has 2 N–H and O–H groups in total. The van der Waals surface area contributed by atoms with Gasteiger partial charge in [0.15, 0.2) is 0 Å². The maximum atomic E-state index is 10.8. The predicted molar refractivity (Wildman–Crippen MR) is 55.4 cm³/mol. The summed E-state index contributed by atoms with van der Waals surface area (Å²) in [6.07, 6.45) is 1.97. The molecule has 0 rings (SSSR count). The van der Waals surface area contributed by atoms with Crippen molar-refractivity contribution in [1.29, 1.82) is 0 Å². The molecule has 0 fully saturated rings. The molecule has 0 radical (unpaired) electrons. The molecule has 14 heavy (non-hydrogen) atoms. The van der Waals surface area contributed by atoms with Crippen molar-refractivity contribution < 1.29 is 14.6 Å². The van der Waals surface area contributed by atoms with Gasteiger partial charge in [0.1, 0.15) is 6.04 Å². The largest absolute Gasteiger partial charge is 0.480 e. The number of carboxylic acid groups (broad SMARTS) is 1. The number of rotatable bonds is 7. The van der Waals surface area contributed by atoms with Crippen molar-refractivity contribution in [2.75, 3.05) is 13.7 Å². The second kappa shape index (κ2) is 5.98. The van der Waals surface area contributed by atoms with Gasteiger partial charge in [-0.05, 0) is 20.3 Å². The lowest BCUT2D eigenvalue weighted by molar-refractivity contribution is -0.141. The summed E-state index contributed by atoms with van der Waals surface area (Å²) in [6, 6.07) is -0.624. The van der Waals surface area contributed by atoms with E-state index < -0.39 is 12.0 Å². The quantitative estimate of drug-likeness (QED) is 0.654. The fourth-order valence-corrected chi connectivity index (χ4v) is 1.51. The molecule has 0 spiro atoms. The van der Waals surface area contributed by atoms with Crippen LogP contribution in [-0.4, -0.2) is 36.4 Å². The Morgan fingerprint density at radius 1 is 1.57 bits per heavy atom. The Labute approximate surface area is 85.6 Å². The lowest BCUT2D eigenvalue weighted by Gasteiger charge is -2.29. The van der Waals surface area contributed by atoms with Gasteiger partial charge >= 0.3 is 5.97 Å². The zero-order valence-corrected chi connectivity index (χ0v) is 9.46. The summed E-state index contributed by atoms with van der Waals surface area (Å²) in [6.45, 7) is 6.28. The van der Waals surface area contributed by atoms with E-state index in [1.165, 1.54) is 7.11 Å². The summed E-state index contributed by atoms with van der Waals surface area (Å²) in [5.41, 5.74) is -0.156. The predicted octanol–water partition coefficient (Wildman–Crippen LogP) is 1.25. The van der Waals surface area contributed by atoms with Gasteiger partial charge in [-0.1, -0.05) is 13.3 Å². The van der Waals surface area contributed by atoms with Gasteiger partial charge in [0.2, 0.25) is 0 Å². The van der Waals surface area contributed by atoms with Crippen LogP contribution < -0.4 is 5.32 Å². The van der Waals surface area contributed by atoms with Crippen LogP contribution in [0.1, 0.15) is 33.6 Å². The first-order valence-corrected chi connectivity index (χ1v) is 4.92. The summed E-state index contributed by atoms with van der Waals surface area (Å²) < 4.78 is 4.85. The molecule has 0 aliphatic carbocycles. The van der Waals surface area contributed by atoms with Gasteiger partial charge in [0.25, 0.3) is 0 Å². The van der Waals surface area contributed by atoms with Gasteiger partial charge in [-0.25, -0.2) is 0 Å². The van der Waals surface area contributed by atoms with E-state index in [1.807, 2.05) is 13.8 Å². The molecule has 0 saturated heterocycles. The van der Waals surface area contributed by atoms with E-state index in [9.17, 15) is 4.79 Å². The van der Waals surface area contributed by atoms with Crippen LogP contribution in [0.25, 0.3) is 0 Å². The molecule has 0 aromatic carbocycles. The van der Waals surface area contributed by atoms with E-state index in [1.54, 1.807) is 0 Å². The lowest BCUT2D eigenvalue weighted by Crippen LogP contribution is -2.51. The fourth-order valence-electron chi connectivity index (χ4n) is 1.51. The van der Waals surface area contributed by atoms with E-state index in [0.29, 0.717) is 0 Å². The molecule has 0 aliphatic heterocycles. The zero-order valence-electron chi connectivity index (χ0n) is 9.46. The van der Waals surface area contributed by atoms with Crippen LogP contribution in [0, 0.1) is 0 Å². The highest BCUT2D eigenvalue weighted by Crippen LogP contribution is 2.11. The zero-order chi connectivity index (χ0) is 11.2. The van der Waals surface area contributed by atoms with Crippen LogP contribution in [0.3, 0.4) is 0 Å². The van der Waals surface area contributed by atoms with Crippen molar-refractivity contribution in [3.63, 3.8) is 0 Å². The summed E-state index contributed by atoms with van der Waals surface area (Å²) in [7, 11) is 1.50. The number of hydrogen-bond donors (Lipinski definition) is 2. The lowest BCUT2D eigenvalue weighted by atomic mass is 9.97. The third-order valence-corrected chi connectivity index (χ3v) is 2.07. The van der Waals surface area contributed by atoms with E-state index >= 15 is 0 Å². The molecular formula is C10H21NO3. The van der Waals surface area contributed by atoms with Gasteiger partial charge in [-0.15, -0.1) is 0 Å². The maximum Gasteiger partial charge on any atom is 0.323 e. The van der Waals surface area contributed by atoms with Crippen molar-refractivity contribution in [2.45, 2.75) is 45.2 Å². The van der Waals surface area contributed by atoms with E-state index in [-0.39, 0.29) is 12.1 Å². The highest BCUT2D eigenvalue weighted by Gasteiger charge is 2.25. The number of carboxylic acids is 1. The SMILES string of the molecule is CCCC(C)(C)NC(COC)C(=O)O. The van der Waals surface area contributed by atoms with Gasteiger partial charge in [-0.2, -0.15) is 0 Å². The molecule has 4 nitrogen and oxygen atoms in total. The van der Waals surface area contributed by atoms with Crippen LogP contribution in [0.2, 0.25) is 0 Å². The van der Waals surface area contributed by atoms with Crippen LogP contribution in [0.15, 0.2) is 0 Å². The Morgan fingerprint density at radius 3 is 2.50 bits per heavy atom. The second-order valence-electron chi connectivity index (χ2n) is 4.12. The van der Waals surface area contributed by atoms with Crippen LogP contribution >= 0.6 is 0 Å². The number of carbonyl (C=O) groups is 1. The standard InChI is InChI=1S/C10H21NO3/c1-5-6-10(2,3)11-8(7-14-4)9(12)13/h8,11H,5-7H2,1-4H3,(H,12,13). The minimum atomic E-state index is -0.865. The van der Waals surface area contributed by atoms with Crippen molar-refractivity contribution in [3.8, 4) is 0 Å². The highest BCUT2D eigenvalue weighted by atomic mass is 16.5. The Balaban J connectivity index is 4.20. The first-order chi connectivity index (χ1) is 6.43. The Hall–Kier alpha value is -0.610. The third-order valence-electron chi connectivity index (χ3n) is 2.07. The minimum absolute atomic E-state index is 0.156. The number of aliphatic carboxylic acids is 1. The molecule has 1 atom stereocenters. The number of hydrogen-bond acceptors (Lipinski definition) is 3. The van der Waals surface area contributed by atoms with E-state index in [2.05, 4.69) is 12.2 Å². The third kappa shape index (κ3) is 5.19. The molecular weight excluding hydrogens is 182 g/mol. The average molecular weight is 203 g/mol. The Morgan fingerprint density at radius 2 is 2.14 bits per heavy atom. The van der Waals surface area contributed by atoms with Gasteiger partial charge < -0.3 is 9.84 Å². The van der Waals surface area contributed by atoms with Crippen molar-refractivity contribution in [3.05, 3.63) is 0 Å². The Kier molecular flexibility index (Phi) is 5.72. The van der Waals surface area contributed by atoms with Gasteiger partial charge in [0, 0.05) is 12.6 Å². The molecule has 0 amide bonds. The minimum Gasteiger partial charge on any atom is -0.480 e. The molecule has 4 heteroatoms. The smallest absolute Gasteiger partial charge is 0.323 e. The number of nitrogens with one attached hydrogen (secondary N) is 1. The van der Waals surface area contributed by atoms with Crippen LogP contribution in [0.5, 0.6) is 0 Å². The average Bonchev–Trinajstić information content (AvgIpc) is 2.02. The summed E-state index contributed by atoms with van der Waals surface area (Å²) in [4.78, 5) is 10.8. The van der Waals surface area contributed by atoms with E-state index in [0.717, 1.165) is 12.8 Å². The normalized spacial score (nSPS) is 14.0. The highest BCUT2D eigenvalue weighted by molar-refractivity contribution is 5.73. The molecule has 0 heterocycles. The maximum absolute atomic E-state index is 10.8. The molecule has 84 valence electrons. The molecule has 0 aromatic heterocycles. The monoisotopic (exact) mass is 203 g/mol.